The van der Waals surface area contributed by atoms with E-state index in [1.54, 1.807) is 0 Å². The van der Waals surface area contributed by atoms with Crippen molar-refractivity contribution in [3.05, 3.63) is 29.3 Å². The number of piperidine rings is 1. The highest BCUT2D eigenvalue weighted by molar-refractivity contribution is 6.33. The number of carbonyl (C=O) groups is 1. The normalized spacial score (nSPS) is 15.1. The van der Waals surface area contributed by atoms with Gasteiger partial charge in [-0.3, -0.25) is 4.79 Å². The molecule has 0 bridgehead atoms. The molecule has 0 atom stereocenters. The molecular formula is C16H20ClNO2. The lowest BCUT2D eigenvalue weighted by atomic mass is 10.0. The molecule has 0 N–H and O–H groups in total. The van der Waals surface area contributed by atoms with Crippen LogP contribution in [-0.4, -0.2) is 19.1 Å². The molecular weight excluding hydrogens is 274 g/mol. The number of halogens is 1. The Labute approximate surface area is 125 Å². The third-order valence-electron chi connectivity index (χ3n) is 3.46. The van der Waals surface area contributed by atoms with Gasteiger partial charge in [0.15, 0.2) is 0 Å². The average Bonchev–Trinajstić information content (AvgIpc) is 2.40. The zero-order valence-corrected chi connectivity index (χ0v) is 12.8. The highest BCUT2D eigenvalue weighted by atomic mass is 35.5. The van der Waals surface area contributed by atoms with Crippen LogP contribution in [0.3, 0.4) is 0 Å². The highest BCUT2D eigenvalue weighted by Crippen LogP contribution is 2.37. The van der Waals surface area contributed by atoms with E-state index in [1.807, 2.05) is 19.1 Å². The van der Waals surface area contributed by atoms with Gasteiger partial charge in [0, 0.05) is 31.6 Å². The molecule has 2 rings (SSSR count). The first-order valence-corrected chi connectivity index (χ1v) is 7.29. The van der Waals surface area contributed by atoms with Crippen LogP contribution >= 0.6 is 11.6 Å². The van der Waals surface area contributed by atoms with Gasteiger partial charge in [0.25, 0.3) is 0 Å². The van der Waals surface area contributed by atoms with Gasteiger partial charge in [0.1, 0.15) is 5.75 Å². The van der Waals surface area contributed by atoms with Gasteiger partial charge in [0.2, 0.25) is 0 Å². The molecule has 1 heterocycles. The molecule has 0 amide bonds. The van der Waals surface area contributed by atoms with Crippen LogP contribution < -0.4 is 9.64 Å². The second-order valence-electron chi connectivity index (χ2n) is 5.22. The minimum Gasteiger partial charge on any atom is -0.426 e. The second kappa shape index (κ2) is 6.31. The Morgan fingerprint density at radius 2 is 1.90 bits per heavy atom. The van der Waals surface area contributed by atoms with Crippen molar-refractivity contribution < 1.29 is 9.53 Å². The predicted molar refractivity (Wildman–Crippen MR) is 83.5 cm³/mol. The molecule has 0 unspecified atom stereocenters. The van der Waals surface area contributed by atoms with E-state index in [-0.39, 0.29) is 5.97 Å². The number of esters is 1. The number of hydrogen-bond acceptors (Lipinski definition) is 3. The lowest BCUT2D eigenvalue weighted by Crippen LogP contribution is -2.29. The summed E-state index contributed by atoms with van der Waals surface area (Å²) in [5, 5.41) is 0.681. The number of carbonyl (C=O) groups excluding carboxylic acids is 1. The molecule has 1 aliphatic rings. The Morgan fingerprint density at radius 3 is 2.45 bits per heavy atom. The minimum absolute atomic E-state index is 0.334. The average molecular weight is 294 g/mol. The van der Waals surface area contributed by atoms with Gasteiger partial charge >= 0.3 is 5.97 Å². The Morgan fingerprint density at radius 1 is 1.25 bits per heavy atom. The molecule has 0 aromatic heterocycles. The summed E-state index contributed by atoms with van der Waals surface area (Å²) in [4.78, 5) is 13.5. The molecule has 0 radical (unpaired) electrons. The van der Waals surface area contributed by atoms with Gasteiger partial charge < -0.3 is 9.64 Å². The third-order valence-corrected chi connectivity index (χ3v) is 3.76. The third kappa shape index (κ3) is 3.34. The molecule has 20 heavy (non-hydrogen) atoms. The second-order valence-corrected chi connectivity index (χ2v) is 5.63. The summed E-state index contributed by atoms with van der Waals surface area (Å²) in [5.74, 6) is 0.203. The van der Waals surface area contributed by atoms with Crippen LogP contribution in [0.4, 0.5) is 5.69 Å². The maximum atomic E-state index is 11.3. The molecule has 1 aromatic rings. The summed E-state index contributed by atoms with van der Waals surface area (Å²) >= 11 is 6.39. The van der Waals surface area contributed by atoms with Crippen LogP contribution in [0, 0.1) is 0 Å². The molecule has 4 heteroatoms. The lowest BCUT2D eigenvalue weighted by molar-refractivity contribution is -0.131. The maximum Gasteiger partial charge on any atom is 0.308 e. The van der Waals surface area contributed by atoms with E-state index in [2.05, 4.69) is 11.5 Å². The molecule has 108 valence electrons. The molecule has 0 aliphatic carbocycles. The van der Waals surface area contributed by atoms with Crippen molar-refractivity contribution in [2.75, 3.05) is 18.0 Å². The Hall–Kier alpha value is -1.48. The quantitative estimate of drug-likeness (QED) is 0.615. The fraction of sp³-hybridized carbons (Fsp3) is 0.438. The van der Waals surface area contributed by atoms with Crippen LogP contribution in [0.2, 0.25) is 5.02 Å². The number of ether oxygens (including phenoxy) is 1. The SMILES string of the molecule is C=C(C)c1cc(Cl)c(N2CCCCC2)cc1OC(C)=O. The van der Waals surface area contributed by atoms with Gasteiger partial charge in [0.05, 0.1) is 10.7 Å². The van der Waals surface area contributed by atoms with Gasteiger partial charge in [-0.25, -0.2) is 0 Å². The van der Waals surface area contributed by atoms with Gasteiger partial charge in [-0.15, -0.1) is 0 Å². The largest absolute Gasteiger partial charge is 0.426 e. The lowest BCUT2D eigenvalue weighted by Gasteiger charge is -2.30. The monoisotopic (exact) mass is 293 g/mol. The van der Waals surface area contributed by atoms with E-state index in [4.69, 9.17) is 16.3 Å². The summed E-state index contributed by atoms with van der Waals surface area (Å²) in [6.45, 7) is 9.17. The first kappa shape index (κ1) is 14.9. The van der Waals surface area contributed by atoms with E-state index < -0.39 is 0 Å². The van der Waals surface area contributed by atoms with E-state index in [0.29, 0.717) is 10.8 Å². The Bertz CT molecular complexity index is 534. The fourth-order valence-electron chi connectivity index (χ4n) is 2.49. The van der Waals surface area contributed by atoms with Crippen LogP contribution in [-0.2, 0) is 4.79 Å². The van der Waals surface area contributed by atoms with Crippen molar-refractivity contribution in [1.29, 1.82) is 0 Å². The molecule has 1 aromatic carbocycles. The van der Waals surface area contributed by atoms with E-state index >= 15 is 0 Å². The van der Waals surface area contributed by atoms with Crippen LogP contribution in [0.25, 0.3) is 5.57 Å². The van der Waals surface area contributed by atoms with Crippen molar-refractivity contribution in [3.63, 3.8) is 0 Å². The van der Waals surface area contributed by atoms with Crippen molar-refractivity contribution in [2.24, 2.45) is 0 Å². The minimum atomic E-state index is -0.334. The number of hydrogen-bond donors (Lipinski definition) is 0. The van der Waals surface area contributed by atoms with Crippen LogP contribution in [0.1, 0.15) is 38.7 Å². The van der Waals surface area contributed by atoms with E-state index in [0.717, 1.165) is 29.9 Å². The topological polar surface area (TPSA) is 29.5 Å². The van der Waals surface area contributed by atoms with Gasteiger partial charge in [-0.1, -0.05) is 18.2 Å². The Kier molecular flexibility index (Phi) is 4.71. The summed E-state index contributed by atoms with van der Waals surface area (Å²) in [6, 6.07) is 3.70. The number of nitrogens with zero attached hydrogens (tertiary/aromatic N) is 1. The summed E-state index contributed by atoms with van der Waals surface area (Å²) in [6.07, 6.45) is 3.59. The van der Waals surface area contributed by atoms with E-state index in [1.165, 1.54) is 26.2 Å². The van der Waals surface area contributed by atoms with Gasteiger partial charge in [-0.2, -0.15) is 0 Å². The molecule has 1 saturated heterocycles. The molecule has 1 fully saturated rings. The van der Waals surface area contributed by atoms with Crippen molar-refractivity contribution >= 4 is 28.8 Å². The maximum absolute atomic E-state index is 11.3. The number of allylic oxidation sites excluding steroid dienone is 1. The molecule has 1 aliphatic heterocycles. The number of benzene rings is 1. The summed E-state index contributed by atoms with van der Waals surface area (Å²) in [7, 11) is 0. The van der Waals surface area contributed by atoms with E-state index in [9.17, 15) is 4.79 Å². The number of anilines is 1. The van der Waals surface area contributed by atoms with Crippen molar-refractivity contribution in [1.82, 2.24) is 0 Å². The standard InChI is InChI=1S/C16H20ClNO2/c1-11(2)13-9-14(17)15(10-16(13)20-12(3)19)18-7-5-4-6-8-18/h9-10H,1,4-8H2,2-3H3. The van der Waals surface area contributed by atoms with Gasteiger partial charge in [-0.05, 0) is 37.8 Å². The molecule has 0 spiro atoms. The molecule has 0 saturated carbocycles. The zero-order valence-electron chi connectivity index (χ0n) is 12.0. The fourth-order valence-corrected chi connectivity index (χ4v) is 2.78. The number of rotatable bonds is 3. The van der Waals surface area contributed by atoms with Crippen LogP contribution in [0.5, 0.6) is 5.75 Å². The first-order chi connectivity index (χ1) is 9.49. The van der Waals surface area contributed by atoms with Crippen LogP contribution in [0.15, 0.2) is 18.7 Å². The smallest absolute Gasteiger partial charge is 0.308 e. The molecule has 3 nitrogen and oxygen atoms in total. The first-order valence-electron chi connectivity index (χ1n) is 6.92. The Balaban J connectivity index is 2.42. The predicted octanol–water partition coefficient (Wildman–Crippen LogP) is 4.29. The summed E-state index contributed by atoms with van der Waals surface area (Å²) in [5.41, 5.74) is 2.55. The summed E-state index contributed by atoms with van der Waals surface area (Å²) < 4.78 is 5.31. The zero-order chi connectivity index (χ0) is 14.7. The van der Waals surface area contributed by atoms with Crippen molar-refractivity contribution in [2.45, 2.75) is 33.1 Å². The highest BCUT2D eigenvalue weighted by Gasteiger charge is 2.18. The van der Waals surface area contributed by atoms with Crippen molar-refractivity contribution in [3.8, 4) is 5.75 Å².